The molecule has 0 saturated heterocycles. The van der Waals surface area contributed by atoms with Gasteiger partial charge in [-0.3, -0.25) is 0 Å². The first-order chi connectivity index (χ1) is 6.38. The lowest BCUT2D eigenvalue weighted by atomic mass is 10.2. The molecule has 5 heteroatoms. The van der Waals surface area contributed by atoms with Crippen LogP contribution in [0.4, 0.5) is 10.1 Å². The van der Waals surface area contributed by atoms with Crippen molar-refractivity contribution in [3.8, 4) is 0 Å². The topological polar surface area (TPSA) is 60.2 Å². The summed E-state index contributed by atoms with van der Waals surface area (Å²) in [6.07, 6.45) is 0. The summed E-state index contributed by atoms with van der Waals surface area (Å²) in [5.74, 6) is -0.900. The molecule has 0 heterocycles. The van der Waals surface area contributed by atoms with E-state index < -0.39 is 15.7 Å². The Morgan fingerprint density at radius 3 is 2.50 bits per heavy atom. The fourth-order valence-corrected chi connectivity index (χ4v) is 2.09. The van der Waals surface area contributed by atoms with Gasteiger partial charge in [0, 0.05) is 5.69 Å². The maximum atomic E-state index is 13.3. The molecule has 0 radical (unpaired) electrons. The highest BCUT2D eigenvalue weighted by Crippen LogP contribution is 2.21. The van der Waals surface area contributed by atoms with Crippen molar-refractivity contribution >= 4 is 15.5 Å². The van der Waals surface area contributed by atoms with E-state index >= 15 is 0 Å². The molecule has 0 unspecified atom stereocenters. The number of rotatable bonds is 2. The van der Waals surface area contributed by atoms with Gasteiger partial charge in [0.1, 0.15) is 10.7 Å². The maximum absolute atomic E-state index is 13.3. The van der Waals surface area contributed by atoms with E-state index in [1.807, 2.05) is 0 Å². The SMILES string of the molecule is CCS(=O)(=O)c1cc(C)c(N)cc1F. The Balaban J connectivity index is 3.45. The monoisotopic (exact) mass is 217 g/mol. The van der Waals surface area contributed by atoms with Crippen LogP contribution in [-0.2, 0) is 9.84 Å². The van der Waals surface area contributed by atoms with Crippen LogP contribution in [0.2, 0.25) is 0 Å². The highest BCUT2D eigenvalue weighted by atomic mass is 32.2. The third-order valence-corrected chi connectivity index (χ3v) is 3.78. The number of aryl methyl sites for hydroxylation is 1. The summed E-state index contributed by atoms with van der Waals surface area (Å²) in [4.78, 5) is -0.272. The van der Waals surface area contributed by atoms with Crippen molar-refractivity contribution in [2.75, 3.05) is 11.5 Å². The van der Waals surface area contributed by atoms with Crippen LogP contribution in [0.25, 0.3) is 0 Å². The molecule has 14 heavy (non-hydrogen) atoms. The van der Waals surface area contributed by atoms with Gasteiger partial charge in [0.05, 0.1) is 5.75 Å². The number of nitrogen functional groups attached to an aromatic ring is 1. The molecule has 0 spiro atoms. The summed E-state index contributed by atoms with van der Waals surface area (Å²) in [6.45, 7) is 3.11. The Hall–Kier alpha value is -1.10. The molecule has 1 rings (SSSR count). The predicted molar refractivity (Wildman–Crippen MR) is 53.3 cm³/mol. The molecule has 0 saturated carbocycles. The average Bonchev–Trinajstić information content (AvgIpc) is 2.11. The first kappa shape index (κ1) is 11.0. The predicted octanol–water partition coefficient (Wildman–Crippen LogP) is 1.51. The molecule has 0 aromatic heterocycles. The van der Waals surface area contributed by atoms with Crippen molar-refractivity contribution < 1.29 is 12.8 Å². The van der Waals surface area contributed by atoms with Gasteiger partial charge in [-0.2, -0.15) is 0 Å². The van der Waals surface area contributed by atoms with Gasteiger partial charge < -0.3 is 5.73 Å². The zero-order chi connectivity index (χ0) is 10.9. The molecule has 1 aromatic rings. The van der Waals surface area contributed by atoms with Gasteiger partial charge in [0.25, 0.3) is 0 Å². The number of halogens is 1. The smallest absolute Gasteiger partial charge is 0.181 e. The summed E-state index contributed by atoms with van der Waals surface area (Å²) in [5, 5.41) is 0. The molecule has 0 aliphatic rings. The lowest BCUT2D eigenvalue weighted by molar-refractivity contribution is 0.567. The van der Waals surface area contributed by atoms with Crippen molar-refractivity contribution in [3.63, 3.8) is 0 Å². The zero-order valence-electron chi connectivity index (χ0n) is 8.04. The molecule has 0 fully saturated rings. The highest BCUT2D eigenvalue weighted by molar-refractivity contribution is 7.91. The molecule has 1 aromatic carbocycles. The second kappa shape index (κ2) is 3.57. The third kappa shape index (κ3) is 1.87. The first-order valence-corrected chi connectivity index (χ1v) is 5.82. The third-order valence-electron chi connectivity index (χ3n) is 2.04. The second-order valence-electron chi connectivity index (χ2n) is 3.04. The van der Waals surface area contributed by atoms with Crippen molar-refractivity contribution in [2.45, 2.75) is 18.7 Å². The molecule has 0 atom stereocenters. The van der Waals surface area contributed by atoms with Crippen LogP contribution in [0.3, 0.4) is 0 Å². The standard InChI is InChI=1S/C9H12FNO2S/c1-3-14(12,13)9-4-6(2)8(11)5-7(9)10/h4-5H,3,11H2,1-2H3. The molecular weight excluding hydrogens is 205 g/mol. The minimum atomic E-state index is -3.50. The lowest BCUT2D eigenvalue weighted by Crippen LogP contribution is -2.07. The molecule has 78 valence electrons. The van der Waals surface area contributed by atoms with Crippen LogP contribution in [0, 0.1) is 12.7 Å². The molecule has 0 bridgehead atoms. The maximum Gasteiger partial charge on any atom is 0.181 e. The summed E-state index contributed by atoms with van der Waals surface area (Å²) >= 11 is 0. The van der Waals surface area contributed by atoms with E-state index in [0.717, 1.165) is 6.07 Å². The Bertz CT molecular complexity index is 454. The van der Waals surface area contributed by atoms with Crippen molar-refractivity contribution in [3.05, 3.63) is 23.5 Å². The van der Waals surface area contributed by atoms with Gasteiger partial charge in [-0.05, 0) is 24.6 Å². The van der Waals surface area contributed by atoms with Gasteiger partial charge >= 0.3 is 0 Å². The van der Waals surface area contributed by atoms with Gasteiger partial charge in [-0.25, -0.2) is 12.8 Å². The van der Waals surface area contributed by atoms with Gasteiger partial charge in [-0.15, -0.1) is 0 Å². The Morgan fingerprint density at radius 1 is 1.43 bits per heavy atom. The summed E-state index contributed by atoms with van der Waals surface area (Å²) in [7, 11) is -3.50. The van der Waals surface area contributed by atoms with E-state index in [9.17, 15) is 12.8 Å². The minimum absolute atomic E-state index is 0.118. The van der Waals surface area contributed by atoms with Crippen molar-refractivity contribution in [1.82, 2.24) is 0 Å². The van der Waals surface area contributed by atoms with Crippen LogP contribution in [-0.4, -0.2) is 14.2 Å². The number of hydrogen-bond acceptors (Lipinski definition) is 3. The molecule has 2 N–H and O–H groups in total. The molecular formula is C9H12FNO2S. The van der Waals surface area contributed by atoms with Gasteiger partial charge in [0.15, 0.2) is 9.84 Å². The number of nitrogens with two attached hydrogens (primary N) is 1. The van der Waals surface area contributed by atoms with E-state index in [4.69, 9.17) is 5.73 Å². The van der Waals surface area contributed by atoms with Crippen LogP contribution < -0.4 is 5.73 Å². The molecule has 3 nitrogen and oxygen atoms in total. The largest absolute Gasteiger partial charge is 0.398 e. The van der Waals surface area contributed by atoms with E-state index in [1.165, 1.54) is 13.0 Å². The Kier molecular flexibility index (Phi) is 2.80. The highest BCUT2D eigenvalue weighted by Gasteiger charge is 2.17. The molecule has 0 amide bonds. The number of benzene rings is 1. The quantitative estimate of drug-likeness (QED) is 0.764. The van der Waals surface area contributed by atoms with Crippen molar-refractivity contribution in [2.24, 2.45) is 0 Å². The van der Waals surface area contributed by atoms with Crippen LogP contribution >= 0.6 is 0 Å². The lowest BCUT2D eigenvalue weighted by Gasteiger charge is -2.06. The number of hydrogen-bond donors (Lipinski definition) is 1. The van der Waals surface area contributed by atoms with E-state index in [-0.39, 0.29) is 16.3 Å². The van der Waals surface area contributed by atoms with E-state index in [2.05, 4.69) is 0 Å². The van der Waals surface area contributed by atoms with Gasteiger partial charge in [0.2, 0.25) is 0 Å². The average molecular weight is 217 g/mol. The molecule has 0 aliphatic heterocycles. The van der Waals surface area contributed by atoms with Gasteiger partial charge in [-0.1, -0.05) is 6.92 Å². The summed E-state index contributed by atoms with van der Waals surface area (Å²) in [5.41, 5.74) is 6.27. The first-order valence-electron chi connectivity index (χ1n) is 4.17. The van der Waals surface area contributed by atoms with E-state index in [0.29, 0.717) is 5.56 Å². The summed E-state index contributed by atoms with van der Waals surface area (Å²) < 4.78 is 36.1. The Labute approximate surface area is 82.7 Å². The normalized spacial score (nSPS) is 11.6. The van der Waals surface area contributed by atoms with E-state index in [1.54, 1.807) is 6.92 Å². The van der Waals surface area contributed by atoms with Crippen LogP contribution in [0.1, 0.15) is 12.5 Å². The van der Waals surface area contributed by atoms with Crippen molar-refractivity contribution in [1.29, 1.82) is 0 Å². The summed E-state index contributed by atoms with van der Waals surface area (Å²) in [6, 6.07) is 2.31. The fourth-order valence-electron chi connectivity index (χ4n) is 1.06. The fraction of sp³-hybridized carbons (Fsp3) is 0.333. The van der Waals surface area contributed by atoms with Crippen LogP contribution in [0.5, 0.6) is 0 Å². The second-order valence-corrected chi connectivity index (χ2v) is 5.29. The minimum Gasteiger partial charge on any atom is -0.398 e. The zero-order valence-corrected chi connectivity index (χ0v) is 8.86. The Morgan fingerprint density at radius 2 is 2.00 bits per heavy atom. The van der Waals surface area contributed by atoms with Crippen LogP contribution in [0.15, 0.2) is 17.0 Å². The number of anilines is 1. The molecule has 0 aliphatic carbocycles. The number of sulfone groups is 1.